The van der Waals surface area contributed by atoms with Gasteiger partial charge in [0.25, 0.3) is 5.56 Å². The van der Waals surface area contributed by atoms with Crippen molar-refractivity contribution >= 4 is 23.3 Å². The average molecular weight is 340 g/mol. The van der Waals surface area contributed by atoms with E-state index in [0.29, 0.717) is 11.8 Å². The van der Waals surface area contributed by atoms with Crippen molar-refractivity contribution in [1.82, 2.24) is 9.97 Å². The largest absolute Gasteiger partial charge is 0.433 e. The third-order valence-electron chi connectivity index (χ3n) is 2.90. The van der Waals surface area contributed by atoms with E-state index in [4.69, 9.17) is 5.73 Å². The Labute approximate surface area is 135 Å². The number of aromatic amines is 1. The molecular weight excluding hydrogens is 325 g/mol. The van der Waals surface area contributed by atoms with Gasteiger partial charge in [-0.15, -0.1) is 0 Å². The lowest BCUT2D eigenvalue weighted by Gasteiger charge is -2.13. The second kappa shape index (κ2) is 6.60. The third kappa shape index (κ3) is 4.48. The van der Waals surface area contributed by atoms with E-state index in [1.165, 1.54) is 0 Å². The number of aliphatic imine (C=N–C) groups is 1. The SMILES string of the molecule is CN(C)c1ccc(N/C(N)=N/c2nc(C(F)(F)F)cc(=O)[nH]2)cc1. The summed E-state index contributed by atoms with van der Waals surface area (Å²) in [4.78, 5) is 22.1. The zero-order valence-corrected chi connectivity index (χ0v) is 12.8. The van der Waals surface area contributed by atoms with Gasteiger partial charge in [0.2, 0.25) is 11.9 Å². The number of H-pyrrole nitrogens is 1. The summed E-state index contributed by atoms with van der Waals surface area (Å²) in [5, 5.41) is 2.70. The van der Waals surface area contributed by atoms with Gasteiger partial charge in [0.1, 0.15) is 0 Å². The number of hydrogen-bond donors (Lipinski definition) is 3. The van der Waals surface area contributed by atoms with Crippen LogP contribution in [0.4, 0.5) is 30.5 Å². The summed E-state index contributed by atoms with van der Waals surface area (Å²) < 4.78 is 37.9. The van der Waals surface area contributed by atoms with Gasteiger partial charge >= 0.3 is 6.18 Å². The first-order chi connectivity index (χ1) is 11.1. The van der Waals surface area contributed by atoms with Crippen LogP contribution in [0.25, 0.3) is 0 Å². The van der Waals surface area contributed by atoms with Crippen molar-refractivity contribution in [3.63, 3.8) is 0 Å². The quantitative estimate of drug-likeness (QED) is 0.585. The molecule has 2 aromatic rings. The van der Waals surface area contributed by atoms with Gasteiger partial charge in [0, 0.05) is 31.5 Å². The van der Waals surface area contributed by atoms with E-state index in [9.17, 15) is 18.0 Å². The van der Waals surface area contributed by atoms with Crippen LogP contribution in [-0.2, 0) is 6.18 Å². The summed E-state index contributed by atoms with van der Waals surface area (Å²) in [7, 11) is 3.77. The Hall–Kier alpha value is -3.04. The smallest absolute Gasteiger partial charge is 0.378 e. The van der Waals surface area contributed by atoms with Gasteiger partial charge in [-0.1, -0.05) is 0 Å². The van der Waals surface area contributed by atoms with Crippen LogP contribution < -0.4 is 21.5 Å². The Kier molecular flexibility index (Phi) is 4.77. The second-order valence-electron chi connectivity index (χ2n) is 5.02. The molecule has 1 aromatic heterocycles. The van der Waals surface area contributed by atoms with Crippen LogP contribution in [-0.4, -0.2) is 30.0 Å². The van der Waals surface area contributed by atoms with E-state index in [0.717, 1.165) is 5.69 Å². The molecule has 1 aromatic carbocycles. The molecular formula is C14H15F3N6O. The van der Waals surface area contributed by atoms with Crippen LogP contribution in [0.3, 0.4) is 0 Å². The number of nitrogens with two attached hydrogens (primary N) is 1. The van der Waals surface area contributed by atoms with Crippen molar-refractivity contribution in [3.05, 3.63) is 46.4 Å². The highest BCUT2D eigenvalue weighted by Gasteiger charge is 2.33. The van der Waals surface area contributed by atoms with Crippen LogP contribution in [0.15, 0.2) is 40.1 Å². The van der Waals surface area contributed by atoms with Gasteiger partial charge in [-0.3, -0.25) is 9.78 Å². The van der Waals surface area contributed by atoms with Crippen LogP contribution in [0, 0.1) is 0 Å². The van der Waals surface area contributed by atoms with Crippen LogP contribution in [0.2, 0.25) is 0 Å². The number of rotatable bonds is 3. The van der Waals surface area contributed by atoms with Gasteiger partial charge in [0.05, 0.1) is 0 Å². The maximum absolute atomic E-state index is 12.6. The lowest BCUT2D eigenvalue weighted by molar-refractivity contribution is -0.141. The Morgan fingerprint density at radius 1 is 1.29 bits per heavy atom. The van der Waals surface area contributed by atoms with Crippen molar-refractivity contribution in [2.75, 3.05) is 24.3 Å². The summed E-state index contributed by atoms with van der Waals surface area (Å²) in [5.41, 5.74) is 4.86. The maximum Gasteiger partial charge on any atom is 0.433 e. The van der Waals surface area contributed by atoms with Crippen molar-refractivity contribution in [2.45, 2.75) is 6.18 Å². The molecule has 1 heterocycles. The molecule has 0 amide bonds. The van der Waals surface area contributed by atoms with Crippen molar-refractivity contribution in [2.24, 2.45) is 10.7 Å². The molecule has 0 spiro atoms. The van der Waals surface area contributed by atoms with Gasteiger partial charge in [-0.25, -0.2) is 4.98 Å². The Morgan fingerprint density at radius 2 is 1.92 bits per heavy atom. The first kappa shape index (κ1) is 17.3. The summed E-state index contributed by atoms with van der Waals surface area (Å²) in [5.74, 6) is -0.750. The molecule has 2 rings (SSSR count). The van der Waals surface area contributed by atoms with Crippen molar-refractivity contribution in [3.8, 4) is 0 Å². The van der Waals surface area contributed by atoms with Gasteiger partial charge in [-0.2, -0.15) is 18.2 Å². The summed E-state index contributed by atoms with van der Waals surface area (Å²) in [6.07, 6.45) is -4.75. The number of halogens is 3. The molecule has 0 bridgehead atoms. The Balaban J connectivity index is 2.22. The highest BCUT2D eigenvalue weighted by Crippen LogP contribution is 2.27. The van der Waals surface area contributed by atoms with E-state index in [1.807, 2.05) is 31.1 Å². The lowest BCUT2D eigenvalue weighted by Crippen LogP contribution is -2.23. The molecule has 0 unspecified atom stereocenters. The van der Waals surface area contributed by atoms with E-state index >= 15 is 0 Å². The van der Waals surface area contributed by atoms with Gasteiger partial charge in [0.15, 0.2) is 5.69 Å². The fraction of sp³-hybridized carbons (Fsp3) is 0.214. The molecule has 10 heteroatoms. The number of aromatic nitrogens is 2. The molecule has 0 fully saturated rings. The van der Waals surface area contributed by atoms with Crippen LogP contribution >= 0.6 is 0 Å². The van der Waals surface area contributed by atoms with Crippen LogP contribution in [0.1, 0.15) is 5.69 Å². The highest BCUT2D eigenvalue weighted by molar-refractivity contribution is 5.93. The summed E-state index contributed by atoms with van der Waals surface area (Å²) >= 11 is 0. The molecule has 0 aliphatic carbocycles. The number of hydrogen-bond acceptors (Lipinski definition) is 4. The first-order valence-electron chi connectivity index (χ1n) is 6.72. The molecule has 0 saturated heterocycles. The van der Waals surface area contributed by atoms with E-state index in [-0.39, 0.29) is 5.96 Å². The minimum atomic E-state index is -4.75. The van der Waals surface area contributed by atoms with E-state index in [1.54, 1.807) is 12.1 Å². The topological polar surface area (TPSA) is 99.4 Å². The molecule has 0 aliphatic heterocycles. The van der Waals surface area contributed by atoms with Gasteiger partial charge in [-0.05, 0) is 24.3 Å². The van der Waals surface area contributed by atoms with Crippen LogP contribution in [0.5, 0.6) is 0 Å². The van der Waals surface area contributed by atoms with E-state index < -0.39 is 23.4 Å². The summed E-state index contributed by atoms with van der Waals surface area (Å²) in [6.45, 7) is 0. The Bertz CT molecular complexity index is 795. The minimum absolute atomic E-state index is 0.213. The standard InChI is InChI=1S/C14H15F3N6O/c1-23(2)9-5-3-8(4-6-9)19-12(18)22-13-20-10(14(15,16)17)7-11(24)21-13/h3-7H,1-2H3,(H4,18,19,20,21,22,24). The molecule has 4 N–H and O–H groups in total. The molecule has 0 radical (unpaired) electrons. The number of benzene rings is 1. The zero-order valence-electron chi connectivity index (χ0n) is 12.8. The maximum atomic E-state index is 12.6. The summed E-state index contributed by atoms with van der Waals surface area (Å²) in [6, 6.07) is 7.43. The minimum Gasteiger partial charge on any atom is -0.378 e. The molecule has 0 atom stereocenters. The number of nitrogens with one attached hydrogen (secondary N) is 2. The van der Waals surface area contributed by atoms with Crippen molar-refractivity contribution < 1.29 is 13.2 Å². The Morgan fingerprint density at radius 3 is 2.46 bits per heavy atom. The number of anilines is 2. The molecule has 24 heavy (non-hydrogen) atoms. The fourth-order valence-corrected chi connectivity index (χ4v) is 1.78. The predicted molar refractivity (Wildman–Crippen MR) is 85.5 cm³/mol. The number of guanidine groups is 1. The molecule has 128 valence electrons. The molecule has 7 nitrogen and oxygen atoms in total. The second-order valence-corrected chi connectivity index (χ2v) is 5.02. The fourth-order valence-electron chi connectivity index (χ4n) is 1.78. The third-order valence-corrected chi connectivity index (χ3v) is 2.90. The monoisotopic (exact) mass is 340 g/mol. The highest BCUT2D eigenvalue weighted by atomic mass is 19.4. The normalized spacial score (nSPS) is 12.1. The average Bonchev–Trinajstić information content (AvgIpc) is 2.46. The first-order valence-corrected chi connectivity index (χ1v) is 6.72. The zero-order chi connectivity index (χ0) is 17.9. The van der Waals surface area contributed by atoms with E-state index in [2.05, 4.69) is 20.3 Å². The lowest BCUT2D eigenvalue weighted by atomic mass is 10.2. The van der Waals surface area contributed by atoms with Crippen molar-refractivity contribution in [1.29, 1.82) is 0 Å². The molecule has 0 aliphatic rings. The van der Waals surface area contributed by atoms with Gasteiger partial charge < -0.3 is 16.0 Å². The predicted octanol–water partition coefficient (Wildman–Crippen LogP) is 1.91. The number of alkyl halides is 3. The molecule has 0 saturated carbocycles. The number of nitrogens with zero attached hydrogens (tertiary/aromatic N) is 3.